The molecule has 1 aromatic carbocycles. The fourth-order valence-electron chi connectivity index (χ4n) is 2.10. The van der Waals surface area contributed by atoms with Crippen molar-refractivity contribution in [3.63, 3.8) is 0 Å². The second kappa shape index (κ2) is 6.70. The number of amides is 1. The normalized spacial score (nSPS) is 11.2. The quantitative estimate of drug-likeness (QED) is 0.844. The van der Waals surface area contributed by atoms with E-state index in [2.05, 4.69) is 4.98 Å². The molecule has 0 atom stereocenters. The fourth-order valence-corrected chi connectivity index (χ4v) is 2.90. The average molecular weight is 318 g/mol. The van der Waals surface area contributed by atoms with Crippen LogP contribution in [0.25, 0.3) is 0 Å². The van der Waals surface area contributed by atoms with Gasteiger partial charge in [0.2, 0.25) is 0 Å². The third-order valence-corrected chi connectivity index (χ3v) is 4.00. The Morgan fingerprint density at radius 3 is 2.18 bits per heavy atom. The summed E-state index contributed by atoms with van der Waals surface area (Å²) < 4.78 is 22.5. The van der Waals surface area contributed by atoms with Crippen molar-refractivity contribution in [3.05, 3.63) is 65.5 Å². The van der Waals surface area contributed by atoms with Crippen LogP contribution < -0.4 is 0 Å². The molecule has 1 amide bonds. The first-order chi connectivity index (χ1) is 10.3. The van der Waals surface area contributed by atoms with Gasteiger partial charge in [-0.05, 0) is 35.4 Å². The largest absolute Gasteiger partial charge is 0.337 e. The van der Waals surface area contributed by atoms with Crippen LogP contribution in [0.15, 0.2) is 48.8 Å². The van der Waals surface area contributed by atoms with E-state index in [4.69, 9.17) is 0 Å². The van der Waals surface area contributed by atoms with E-state index in [-0.39, 0.29) is 11.7 Å². The zero-order chi connectivity index (χ0) is 16.2. The number of carbonyl (C=O) groups excluding carboxylic acids is 1. The van der Waals surface area contributed by atoms with E-state index in [1.54, 1.807) is 48.6 Å². The molecule has 0 bridgehead atoms. The van der Waals surface area contributed by atoms with Gasteiger partial charge in [-0.3, -0.25) is 9.78 Å². The molecule has 6 heteroatoms. The molecule has 0 aliphatic carbocycles. The summed E-state index contributed by atoms with van der Waals surface area (Å²) in [4.78, 5) is 17.9. The van der Waals surface area contributed by atoms with Crippen LogP contribution in [0.2, 0.25) is 0 Å². The van der Waals surface area contributed by atoms with Crippen LogP contribution in [-0.4, -0.2) is 37.5 Å². The second-order valence-electron chi connectivity index (χ2n) is 5.28. The van der Waals surface area contributed by atoms with Crippen LogP contribution in [0.5, 0.6) is 0 Å². The summed E-state index contributed by atoms with van der Waals surface area (Å²) in [6.45, 7) is 0.493. The van der Waals surface area contributed by atoms with Gasteiger partial charge >= 0.3 is 0 Å². The van der Waals surface area contributed by atoms with Crippen molar-refractivity contribution in [2.24, 2.45) is 0 Å². The van der Waals surface area contributed by atoms with E-state index >= 15 is 0 Å². The number of hydrogen-bond acceptors (Lipinski definition) is 4. The van der Waals surface area contributed by atoms with E-state index in [9.17, 15) is 13.2 Å². The molecule has 0 spiro atoms. The molecule has 0 saturated heterocycles. The number of sulfone groups is 1. The van der Waals surface area contributed by atoms with E-state index in [1.165, 1.54) is 6.26 Å². The predicted molar refractivity (Wildman–Crippen MR) is 85.0 cm³/mol. The van der Waals surface area contributed by atoms with Gasteiger partial charge in [-0.2, -0.15) is 0 Å². The van der Waals surface area contributed by atoms with E-state index in [1.807, 2.05) is 12.1 Å². The maximum absolute atomic E-state index is 12.3. The number of hydrogen-bond donors (Lipinski definition) is 0. The lowest BCUT2D eigenvalue weighted by atomic mass is 10.1. The number of nitrogens with zero attached hydrogens (tertiary/aromatic N) is 2. The van der Waals surface area contributed by atoms with Crippen LogP contribution in [-0.2, 0) is 22.1 Å². The number of rotatable bonds is 5. The lowest BCUT2D eigenvalue weighted by molar-refractivity contribution is 0.0785. The highest BCUT2D eigenvalue weighted by molar-refractivity contribution is 7.89. The Morgan fingerprint density at radius 1 is 1.05 bits per heavy atom. The molecular formula is C16H18N2O3S. The lowest BCUT2D eigenvalue weighted by Crippen LogP contribution is -2.26. The van der Waals surface area contributed by atoms with Crippen molar-refractivity contribution in [1.29, 1.82) is 0 Å². The van der Waals surface area contributed by atoms with Gasteiger partial charge in [-0.15, -0.1) is 0 Å². The predicted octanol–water partition coefficient (Wildman–Crippen LogP) is 1.90. The Balaban J connectivity index is 2.06. The van der Waals surface area contributed by atoms with Gasteiger partial charge in [-0.1, -0.05) is 12.1 Å². The van der Waals surface area contributed by atoms with Gasteiger partial charge < -0.3 is 4.90 Å². The molecular weight excluding hydrogens is 300 g/mol. The molecule has 2 aromatic rings. The highest BCUT2D eigenvalue weighted by Crippen LogP contribution is 2.11. The molecule has 22 heavy (non-hydrogen) atoms. The van der Waals surface area contributed by atoms with Gasteiger partial charge in [0.1, 0.15) is 0 Å². The van der Waals surface area contributed by atoms with Gasteiger partial charge in [0.15, 0.2) is 9.84 Å². The van der Waals surface area contributed by atoms with E-state index in [0.717, 1.165) is 5.56 Å². The minimum absolute atomic E-state index is 0.0195. The van der Waals surface area contributed by atoms with Crippen LogP contribution >= 0.6 is 0 Å². The summed E-state index contributed by atoms with van der Waals surface area (Å²) in [7, 11) is -1.34. The number of carbonyl (C=O) groups is 1. The Hall–Kier alpha value is -2.21. The monoisotopic (exact) mass is 318 g/mol. The first-order valence-corrected chi connectivity index (χ1v) is 8.82. The molecule has 0 aliphatic rings. The van der Waals surface area contributed by atoms with Gasteiger partial charge in [0, 0.05) is 37.8 Å². The van der Waals surface area contributed by atoms with Gasteiger partial charge in [0.05, 0.1) is 5.75 Å². The molecule has 2 rings (SSSR count). The first kappa shape index (κ1) is 16.2. The Kier molecular flexibility index (Phi) is 4.92. The van der Waals surface area contributed by atoms with Crippen molar-refractivity contribution >= 4 is 15.7 Å². The third-order valence-electron chi connectivity index (χ3n) is 3.15. The van der Waals surface area contributed by atoms with Gasteiger partial charge in [-0.25, -0.2) is 8.42 Å². The molecule has 0 N–H and O–H groups in total. The Morgan fingerprint density at radius 2 is 1.64 bits per heavy atom. The van der Waals surface area contributed by atoms with Crippen LogP contribution in [0, 0.1) is 0 Å². The summed E-state index contributed by atoms with van der Waals surface area (Å²) in [5, 5.41) is 0. The molecule has 1 aromatic heterocycles. The molecule has 0 saturated carbocycles. The molecule has 0 radical (unpaired) electrons. The zero-order valence-electron chi connectivity index (χ0n) is 12.6. The summed E-state index contributed by atoms with van der Waals surface area (Å²) >= 11 is 0. The summed E-state index contributed by atoms with van der Waals surface area (Å²) in [6, 6.07) is 10.4. The summed E-state index contributed by atoms with van der Waals surface area (Å²) in [5.41, 5.74) is 2.21. The van der Waals surface area contributed by atoms with Crippen molar-refractivity contribution in [1.82, 2.24) is 9.88 Å². The summed E-state index contributed by atoms with van der Waals surface area (Å²) in [6.07, 6.45) is 4.57. The minimum atomic E-state index is -3.07. The van der Waals surface area contributed by atoms with Crippen molar-refractivity contribution < 1.29 is 13.2 Å². The Labute approximate surface area is 130 Å². The van der Waals surface area contributed by atoms with Crippen molar-refractivity contribution in [2.75, 3.05) is 13.3 Å². The first-order valence-electron chi connectivity index (χ1n) is 6.76. The lowest BCUT2D eigenvalue weighted by Gasteiger charge is -2.17. The molecule has 0 aliphatic heterocycles. The maximum atomic E-state index is 12.3. The number of pyridine rings is 1. The highest BCUT2D eigenvalue weighted by atomic mass is 32.2. The zero-order valence-corrected chi connectivity index (χ0v) is 13.4. The topological polar surface area (TPSA) is 67.3 Å². The van der Waals surface area contributed by atoms with Crippen LogP contribution in [0.3, 0.4) is 0 Å². The fraction of sp³-hybridized carbons (Fsp3) is 0.250. The summed E-state index contributed by atoms with van der Waals surface area (Å²) in [5.74, 6) is -0.128. The van der Waals surface area contributed by atoms with Crippen molar-refractivity contribution in [2.45, 2.75) is 12.3 Å². The standard InChI is InChI=1S/C16H18N2O3S/c1-18(11-13-7-9-17-10-8-13)16(19)15-5-3-14(4-6-15)12-22(2,20)21/h3-10H,11-12H2,1-2H3. The van der Waals surface area contributed by atoms with Crippen molar-refractivity contribution in [3.8, 4) is 0 Å². The average Bonchev–Trinajstić information content (AvgIpc) is 2.46. The number of benzene rings is 1. The SMILES string of the molecule is CN(Cc1ccncc1)C(=O)c1ccc(CS(C)(=O)=O)cc1. The third kappa shape index (κ3) is 4.66. The molecule has 1 heterocycles. The molecule has 116 valence electrons. The van der Waals surface area contributed by atoms with Crippen LogP contribution in [0.1, 0.15) is 21.5 Å². The minimum Gasteiger partial charge on any atom is -0.337 e. The molecule has 0 unspecified atom stereocenters. The molecule has 5 nitrogen and oxygen atoms in total. The Bertz CT molecular complexity index is 741. The smallest absolute Gasteiger partial charge is 0.253 e. The highest BCUT2D eigenvalue weighted by Gasteiger charge is 2.12. The van der Waals surface area contributed by atoms with E-state index < -0.39 is 9.84 Å². The maximum Gasteiger partial charge on any atom is 0.253 e. The number of aromatic nitrogens is 1. The second-order valence-corrected chi connectivity index (χ2v) is 7.42. The van der Waals surface area contributed by atoms with Crippen LogP contribution in [0.4, 0.5) is 0 Å². The molecule has 0 fully saturated rings. The van der Waals surface area contributed by atoms with Gasteiger partial charge in [0.25, 0.3) is 5.91 Å². The van der Waals surface area contributed by atoms with E-state index in [0.29, 0.717) is 17.7 Å².